The van der Waals surface area contributed by atoms with Crippen molar-refractivity contribution in [2.45, 2.75) is 24.5 Å². The van der Waals surface area contributed by atoms with E-state index in [1.165, 1.54) is 31.2 Å². The Bertz CT molecular complexity index is 1290. The highest BCUT2D eigenvalue weighted by Crippen LogP contribution is 2.31. The molecule has 11 heteroatoms. The standard InChI is InChI=1S/C24H21F5N2O3S/c1-2-31(35(33,34)21-10-8-20(25)9-11-21)15-23(32)30-14-18-13-17(5-12-22(18)26)16-3-6-19(7-4-16)24(27,28)29/h3-13H,2,14-15H2,1H3,(H,30,32). The average molecular weight is 513 g/mol. The van der Waals surface area contributed by atoms with E-state index in [9.17, 15) is 35.2 Å². The van der Waals surface area contributed by atoms with Gasteiger partial charge in [0.2, 0.25) is 15.9 Å². The average Bonchev–Trinajstić information content (AvgIpc) is 2.81. The van der Waals surface area contributed by atoms with Gasteiger partial charge < -0.3 is 5.32 Å². The van der Waals surface area contributed by atoms with Crippen molar-refractivity contribution in [2.24, 2.45) is 0 Å². The lowest BCUT2D eigenvalue weighted by molar-refractivity contribution is -0.137. The van der Waals surface area contributed by atoms with Crippen molar-refractivity contribution < 1.29 is 35.2 Å². The van der Waals surface area contributed by atoms with E-state index in [-0.39, 0.29) is 23.5 Å². The molecule has 0 spiro atoms. The zero-order valence-electron chi connectivity index (χ0n) is 18.4. The number of likely N-dealkylation sites (N-methyl/N-ethyl adjacent to an activating group) is 1. The molecule has 0 atom stereocenters. The van der Waals surface area contributed by atoms with E-state index in [1.807, 2.05) is 0 Å². The Hall–Kier alpha value is -3.31. The zero-order chi connectivity index (χ0) is 25.8. The fraction of sp³-hybridized carbons (Fsp3) is 0.208. The summed E-state index contributed by atoms with van der Waals surface area (Å²) in [6, 6.07) is 12.5. The molecule has 3 aromatic carbocycles. The largest absolute Gasteiger partial charge is 0.416 e. The molecule has 5 nitrogen and oxygen atoms in total. The Kier molecular flexibility index (Phi) is 7.91. The Morgan fingerprint density at radius 2 is 1.51 bits per heavy atom. The molecule has 1 amide bonds. The Labute approximate surface area is 199 Å². The van der Waals surface area contributed by atoms with Crippen LogP contribution in [0, 0.1) is 11.6 Å². The molecule has 0 radical (unpaired) electrons. The molecule has 1 N–H and O–H groups in total. The highest BCUT2D eigenvalue weighted by Gasteiger charge is 2.30. The molecule has 186 valence electrons. The Morgan fingerprint density at radius 1 is 0.914 bits per heavy atom. The van der Waals surface area contributed by atoms with Gasteiger partial charge in [0.15, 0.2) is 0 Å². The smallest absolute Gasteiger partial charge is 0.351 e. The highest BCUT2D eigenvalue weighted by atomic mass is 32.2. The molecule has 3 rings (SSSR count). The Balaban J connectivity index is 1.69. The van der Waals surface area contributed by atoms with Gasteiger partial charge in [0.05, 0.1) is 17.0 Å². The van der Waals surface area contributed by atoms with Crippen molar-refractivity contribution in [3.63, 3.8) is 0 Å². The zero-order valence-corrected chi connectivity index (χ0v) is 19.3. The molecule has 0 heterocycles. The van der Waals surface area contributed by atoms with Crippen LogP contribution in [0.25, 0.3) is 11.1 Å². The molecule has 0 aromatic heterocycles. The van der Waals surface area contributed by atoms with Crippen LogP contribution < -0.4 is 5.32 Å². The normalized spacial score (nSPS) is 12.1. The van der Waals surface area contributed by atoms with Crippen molar-refractivity contribution in [3.05, 3.63) is 89.5 Å². The van der Waals surface area contributed by atoms with Crippen LogP contribution in [-0.2, 0) is 27.5 Å². The summed E-state index contributed by atoms with van der Waals surface area (Å²) in [5.74, 6) is -1.95. The molecular formula is C24H21F5N2O3S. The van der Waals surface area contributed by atoms with E-state index >= 15 is 0 Å². The van der Waals surface area contributed by atoms with E-state index in [1.54, 1.807) is 0 Å². The van der Waals surface area contributed by atoms with E-state index in [0.29, 0.717) is 11.1 Å². The summed E-state index contributed by atoms with van der Waals surface area (Å²) in [6.07, 6.45) is -4.48. The lowest BCUT2D eigenvalue weighted by Crippen LogP contribution is -2.40. The van der Waals surface area contributed by atoms with E-state index < -0.39 is 45.8 Å². The first-order valence-corrected chi connectivity index (χ1v) is 11.8. The number of nitrogens with zero attached hydrogens (tertiary/aromatic N) is 1. The highest BCUT2D eigenvalue weighted by molar-refractivity contribution is 7.89. The summed E-state index contributed by atoms with van der Waals surface area (Å²) < 4.78 is 92.1. The second-order valence-electron chi connectivity index (χ2n) is 7.54. The second kappa shape index (κ2) is 10.5. The van der Waals surface area contributed by atoms with E-state index in [0.717, 1.165) is 46.8 Å². The van der Waals surface area contributed by atoms with Gasteiger partial charge in [-0.05, 0) is 59.7 Å². The monoisotopic (exact) mass is 512 g/mol. The minimum Gasteiger partial charge on any atom is -0.351 e. The number of alkyl halides is 3. The summed E-state index contributed by atoms with van der Waals surface area (Å²) in [4.78, 5) is 12.2. The van der Waals surface area contributed by atoms with Crippen LogP contribution in [0.5, 0.6) is 0 Å². The summed E-state index contributed by atoms with van der Waals surface area (Å²) in [7, 11) is -4.06. The maximum absolute atomic E-state index is 14.3. The molecule has 35 heavy (non-hydrogen) atoms. The third-order valence-corrected chi connectivity index (χ3v) is 7.13. The van der Waals surface area contributed by atoms with Gasteiger partial charge in [-0.2, -0.15) is 17.5 Å². The predicted octanol–water partition coefficient (Wildman–Crippen LogP) is 4.98. The van der Waals surface area contributed by atoms with Gasteiger partial charge in [-0.15, -0.1) is 0 Å². The van der Waals surface area contributed by atoms with Crippen LogP contribution in [0.1, 0.15) is 18.1 Å². The first-order chi connectivity index (χ1) is 16.4. The lowest BCUT2D eigenvalue weighted by Gasteiger charge is -2.20. The molecule has 0 unspecified atom stereocenters. The minimum absolute atomic E-state index is 0.0368. The van der Waals surface area contributed by atoms with Gasteiger partial charge in [0.1, 0.15) is 11.6 Å². The molecule has 0 saturated heterocycles. The number of sulfonamides is 1. The van der Waals surface area contributed by atoms with Crippen molar-refractivity contribution in [1.82, 2.24) is 9.62 Å². The molecule has 0 bridgehead atoms. The Morgan fingerprint density at radius 3 is 2.09 bits per heavy atom. The molecule has 3 aromatic rings. The topological polar surface area (TPSA) is 66.5 Å². The van der Waals surface area contributed by atoms with Crippen LogP contribution >= 0.6 is 0 Å². The second-order valence-corrected chi connectivity index (χ2v) is 9.48. The predicted molar refractivity (Wildman–Crippen MR) is 120 cm³/mol. The number of carbonyl (C=O) groups is 1. The van der Waals surface area contributed by atoms with E-state index in [2.05, 4.69) is 5.32 Å². The molecule has 0 aliphatic carbocycles. The SMILES string of the molecule is CCN(CC(=O)NCc1cc(-c2ccc(C(F)(F)F)cc2)ccc1F)S(=O)(=O)c1ccc(F)cc1. The van der Waals surface area contributed by atoms with Crippen LogP contribution in [0.3, 0.4) is 0 Å². The molecule has 0 fully saturated rings. The quantitative estimate of drug-likeness (QED) is 0.433. The minimum atomic E-state index is -4.48. The number of nitrogens with one attached hydrogen (secondary N) is 1. The van der Waals surface area contributed by atoms with Crippen LogP contribution in [-0.4, -0.2) is 31.7 Å². The maximum Gasteiger partial charge on any atom is 0.416 e. The summed E-state index contributed by atoms with van der Waals surface area (Å²) in [6.45, 7) is 0.677. The maximum atomic E-state index is 14.3. The van der Waals surface area contributed by atoms with Gasteiger partial charge in [-0.1, -0.05) is 25.1 Å². The van der Waals surface area contributed by atoms with Gasteiger partial charge in [0.25, 0.3) is 0 Å². The first kappa shape index (κ1) is 26.3. The first-order valence-electron chi connectivity index (χ1n) is 10.4. The molecule has 0 aliphatic heterocycles. The van der Waals surface area contributed by atoms with Crippen LogP contribution in [0.4, 0.5) is 22.0 Å². The van der Waals surface area contributed by atoms with E-state index in [4.69, 9.17) is 0 Å². The van der Waals surface area contributed by atoms with Gasteiger partial charge >= 0.3 is 6.18 Å². The number of halogens is 5. The number of benzene rings is 3. The fourth-order valence-electron chi connectivity index (χ4n) is 3.27. The van der Waals surface area contributed by atoms with Crippen LogP contribution in [0.2, 0.25) is 0 Å². The van der Waals surface area contributed by atoms with Gasteiger partial charge in [0, 0.05) is 18.7 Å². The number of hydrogen-bond donors (Lipinski definition) is 1. The summed E-state index contributed by atoms with van der Waals surface area (Å²) in [5, 5.41) is 2.45. The van der Waals surface area contributed by atoms with Gasteiger partial charge in [-0.25, -0.2) is 17.2 Å². The number of amides is 1. The number of hydrogen-bond acceptors (Lipinski definition) is 3. The van der Waals surface area contributed by atoms with Gasteiger partial charge in [-0.3, -0.25) is 4.79 Å². The molecular weight excluding hydrogens is 491 g/mol. The lowest BCUT2D eigenvalue weighted by atomic mass is 10.0. The molecule has 0 aliphatic rings. The third-order valence-electron chi connectivity index (χ3n) is 5.19. The van der Waals surface area contributed by atoms with Crippen LogP contribution in [0.15, 0.2) is 71.6 Å². The van der Waals surface area contributed by atoms with Crippen molar-refractivity contribution in [3.8, 4) is 11.1 Å². The fourth-order valence-corrected chi connectivity index (χ4v) is 4.68. The van der Waals surface area contributed by atoms with Crippen molar-refractivity contribution >= 4 is 15.9 Å². The van der Waals surface area contributed by atoms with Crippen molar-refractivity contribution in [1.29, 1.82) is 0 Å². The summed E-state index contributed by atoms with van der Waals surface area (Å²) in [5.41, 5.74) is 0.124. The number of carbonyl (C=O) groups excluding carboxylic acids is 1. The molecule has 0 saturated carbocycles. The number of rotatable bonds is 8. The van der Waals surface area contributed by atoms with Crippen molar-refractivity contribution in [2.75, 3.05) is 13.1 Å². The third kappa shape index (κ3) is 6.43. The summed E-state index contributed by atoms with van der Waals surface area (Å²) >= 11 is 0.